The number of nitro groups is 2. The molecule has 8 heteroatoms. The second-order valence-corrected chi connectivity index (χ2v) is 5.47. The summed E-state index contributed by atoms with van der Waals surface area (Å²) >= 11 is 0. The average Bonchev–Trinajstić information content (AvgIpc) is 2.47. The third-order valence-corrected chi connectivity index (χ3v) is 3.96. The van der Waals surface area contributed by atoms with Crippen LogP contribution in [-0.4, -0.2) is 34.1 Å². The molecule has 0 spiro atoms. The molecule has 114 valence electrons. The second kappa shape index (κ2) is 5.38. The van der Waals surface area contributed by atoms with E-state index < -0.39 is 27.2 Å². The van der Waals surface area contributed by atoms with Crippen molar-refractivity contribution < 1.29 is 19.3 Å². The quantitative estimate of drug-likeness (QED) is 0.619. The molecular formula is C13H16N2O6. The average molecular weight is 296 g/mol. The van der Waals surface area contributed by atoms with Gasteiger partial charge in [0.05, 0.1) is 0 Å². The van der Waals surface area contributed by atoms with Gasteiger partial charge in [0.25, 0.3) is 5.54 Å². The van der Waals surface area contributed by atoms with Gasteiger partial charge in [-0.05, 0) is 0 Å². The standard InChI is InChI=1S/C13H16N2O6/c1-12(2,14(16)17)13(15(18)19)8-20-11(21-9-13)10-6-4-3-5-7-10/h3-7,11H,8-9H2,1-2H3. The van der Waals surface area contributed by atoms with Crippen LogP contribution >= 0.6 is 0 Å². The fourth-order valence-electron chi connectivity index (χ4n) is 2.17. The fourth-order valence-corrected chi connectivity index (χ4v) is 2.17. The summed E-state index contributed by atoms with van der Waals surface area (Å²) in [5, 5.41) is 22.6. The maximum atomic E-state index is 11.4. The zero-order chi connectivity index (χ0) is 15.7. The summed E-state index contributed by atoms with van der Waals surface area (Å²) in [6.45, 7) is 1.66. The largest absolute Gasteiger partial charge is 0.340 e. The Balaban J connectivity index is 2.23. The van der Waals surface area contributed by atoms with Gasteiger partial charge in [0.1, 0.15) is 13.2 Å². The molecule has 0 saturated carbocycles. The number of hydrogen-bond acceptors (Lipinski definition) is 6. The smallest absolute Gasteiger partial charge is 0.335 e. The molecule has 1 aromatic carbocycles. The number of rotatable bonds is 4. The van der Waals surface area contributed by atoms with Crippen LogP contribution in [0.5, 0.6) is 0 Å². The molecule has 1 aliphatic rings. The van der Waals surface area contributed by atoms with E-state index in [0.29, 0.717) is 5.56 Å². The van der Waals surface area contributed by atoms with Crippen molar-refractivity contribution >= 4 is 0 Å². The molecule has 0 unspecified atom stereocenters. The van der Waals surface area contributed by atoms with E-state index in [1.165, 1.54) is 13.8 Å². The first-order chi connectivity index (χ1) is 9.81. The van der Waals surface area contributed by atoms with Crippen LogP contribution in [0.25, 0.3) is 0 Å². The molecule has 0 aromatic heterocycles. The first-order valence-electron chi connectivity index (χ1n) is 6.38. The van der Waals surface area contributed by atoms with Gasteiger partial charge in [-0.25, -0.2) is 0 Å². The van der Waals surface area contributed by atoms with E-state index >= 15 is 0 Å². The number of ether oxygens (including phenoxy) is 2. The van der Waals surface area contributed by atoms with Crippen molar-refractivity contribution in [1.29, 1.82) is 0 Å². The summed E-state index contributed by atoms with van der Waals surface area (Å²) in [6, 6.07) is 8.94. The van der Waals surface area contributed by atoms with Crippen molar-refractivity contribution in [2.75, 3.05) is 13.2 Å². The highest BCUT2D eigenvalue weighted by molar-refractivity contribution is 5.16. The Hall–Kier alpha value is -2.06. The zero-order valence-electron chi connectivity index (χ0n) is 11.7. The summed E-state index contributed by atoms with van der Waals surface area (Å²) in [4.78, 5) is 21.3. The van der Waals surface area contributed by atoms with Crippen LogP contribution in [0.3, 0.4) is 0 Å². The molecule has 1 aliphatic heterocycles. The maximum Gasteiger partial charge on any atom is 0.335 e. The summed E-state index contributed by atoms with van der Waals surface area (Å²) < 4.78 is 10.8. The molecule has 0 atom stereocenters. The van der Waals surface area contributed by atoms with Gasteiger partial charge in [0.15, 0.2) is 6.29 Å². The highest BCUT2D eigenvalue weighted by Gasteiger charge is 2.67. The summed E-state index contributed by atoms with van der Waals surface area (Å²) in [5.41, 5.74) is -3.01. The lowest BCUT2D eigenvalue weighted by atomic mass is 9.81. The van der Waals surface area contributed by atoms with Crippen molar-refractivity contribution in [2.45, 2.75) is 31.2 Å². The lowest BCUT2D eigenvalue weighted by Crippen LogP contribution is -2.67. The summed E-state index contributed by atoms with van der Waals surface area (Å²) in [7, 11) is 0. The Labute approximate surface area is 121 Å². The molecule has 0 aliphatic carbocycles. The minimum atomic E-state index is -1.91. The van der Waals surface area contributed by atoms with Gasteiger partial charge >= 0.3 is 5.54 Å². The molecular weight excluding hydrogens is 280 g/mol. The van der Waals surface area contributed by atoms with Crippen LogP contribution in [0.4, 0.5) is 0 Å². The van der Waals surface area contributed by atoms with Crippen molar-refractivity contribution in [3.63, 3.8) is 0 Å². The van der Waals surface area contributed by atoms with E-state index in [4.69, 9.17) is 9.47 Å². The van der Waals surface area contributed by atoms with Crippen molar-refractivity contribution in [3.8, 4) is 0 Å². The normalized spacial score (nSPS) is 26.3. The highest BCUT2D eigenvalue weighted by atomic mass is 16.7. The molecule has 1 aromatic rings. The van der Waals surface area contributed by atoms with Gasteiger partial charge in [-0.15, -0.1) is 0 Å². The third-order valence-electron chi connectivity index (χ3n) is 3.96. The van der Waals surface area contributed by atoms with Crippen LogP contribution < -0.4 is 0 Å². The van der Waals surface area contributed by atoms with Gasteiger partial charge in [-0.3, -0.25) is 20.2 Å². The Bertz CT molecular complexity index is 537. The number of benzene rings is 1. The lowest BCUT2D eigenvalue weighted by molar-refractivity contribution is -0.691. The van der Waals surface area contributed by atoms with Gasteiger partial charge in [-0.1, -0.05) is 30.3 Å². The van der Waals surface area contributed by atoms with E-state index in [1.54, 1.807) is 24.3 Å². The molecule has 0 radical (unpaired) electrons. The zero-order valence-corrected chi connectivity index (χ0v) is 11.7. The molecule has 21 heavy (non-hydrogen) atoms. The molecule has 8 nitrogen and oxygen atoms in total. The minimum Gasteiger partial charge on any atom is -0.340 e. The second-order valence-electron chi connectivity index (χ2n) is 5.47. The van der Waals surface area contributed by atoms with Gasteiger partial charge < -0.3 is 9.47 Å². The molecule has 2 rings (SSSR count). The Morgan fingerprint density at radius 2 is 1.67 bits per heavy atom. The number of hydrogen-bond donors (Lipinski definition) is 0. The third kappa shape index (κ3) is 2.47. The van der Waals surface area contributed by atoms with Crippen molar-refractivity contribution in [1.82, 2.24) is 0 Å². The Morgan fingerprint density at radius 1 is 1.14 bits per heavy atom. The molecule has 0 bridgehead atoms. The molecule has 0 N–H and O–H groups in total. The molecule has 1 heterocycles. The Kier molecular flexibility index (Phi) is 3.93. The maximum absolute atomic E-state index is 11.4. The predicted octanol–water partition coefficient (Wildman–Crippen LogP) is 1.80. The van der Waals surface area contributed by atoms with Crippen molar-refractivity contribution in [2.24, 2.45) is 0 Å². The van der Waals surface area contributed by atoms with E-state index in [-0.39, 0.29) is 13.2 Å². The Morgan fingerprint density at radius 3 is 2.10 bits per heavy atom. The van der Waals surface area contributed by atoms with Crippen LogP contribution in [0.1, 0.15) is 25.7 Å². The van der Waals surface area contributed by atoms with Gasteiger partial charge in [0.2, 0.25) is 0 Å². The summed E-state index contributed by atoms with van der Waals surface area (Å²) in [5.74, 6) is 0. The van der Waals surface area contributed by atoms with Crippen LogP contribution in [-0.2, 0) is 9.47 Å². The SMILES string of the molecule is CC(C)([N+](=O)[O-])C1([N+](=O)[O-])COC(c2ccccc2)OC1. The van der Waals surface area contributed by atoms with Gasteiger partial charge in [-0.2, -0.15) is 0 Å². The van der Waals surface area contributed by atoms with E-state index in [0.717, 1.165) is 0 Å². The molecule has 0 amide bonds. The van der Waals surface area contributed by atoms with Gasteiger partial charge in [0, 0.05) is 29.3 Å². The van der Waals surface area contributed by atoms with Crippen molar-refractivity contribution in [3.05, 3.63) is 56.1 Å². The molecule has 1 saturated heterocycles. The minimum absolute atomic E-state index is 0.381. The highest BCUT2D eigenvalue weighted by Crippen LogP contribution is 2.36. The first-order valence-corrected chi connectivity index (χ1v) is 6.38. The van der Waals surface area contributed by atoms with Crippen LogP contribution in [0.15, 0.2) is 30.3 Å². The number of nitrogens with zero attached hydrogens (tertiary/aromatic N) is 2. The summed E-state index contributed by atoms with van der Waals surface area (Å²) in [6.07, 6.45) is -0.748. The predicted molar refractivity (Wildman–Crippen MR) is 71.9 cm³/mol. The van der Waals surface area contributed by atoms with Crippen LogP contribution in [0.2, 0.25) is 0 Å². The fraction of sp³-hybridized carbons (Fsp3) is 0.538. The molecule has 1 fully saturated rings. The van der Waals surface area contributed by atoms with Crippen LogP contribution in [0, 0.1) is 20.2 Å². The van der Waals surface area contributed by atoms with E-state index in [9.17, 15) is 20.2 Å². The first kappa shape index (κ1) is 15.3. The van der Waals surface area contributed by atoms with E-state index in [1.807, 2.05) is 6.07 Å². The topological polar surface area (TPSA) is 105 Å². The van der Waals surface area contributed by atoms with E-state index in [2.05, 4.69) is 0 Å². The lowest BCUT2D eigenvalue weighted by Gasteiger charge is -2.37. The monoisotopic (exact) mass is 296 g/mol.